The summed E-state index contributed by atoms with van der Waals surface area (Å²) in [7, 11) is -3.36. The van der Waals surface area contributed by atoms with E-state index < -0.39 is 10.0 Å². The largest absolute Gasteiger partial charge is 0.328 e. The van der Waals surface area contributed by atoms with Crippen molar-refractivity contribution in [2.24, 2.45) is 11.7 Å². The Labute approximate surface area is 128 Å². The molecular weight excluding hydrogens is 284 g/mol. The van der Waals surface area contributed by atoms with Crippen molar-refractivity contribution in [1.29, 1.82) is 0 Å². The van der Waals surface area contributed by atoms with E-state index >= 15 is 0 Å². The Bertz CT molecular complexity index is 544. The number of sulfonamides is 1. The number of aryl methyl sites for hydroxylation is 1. The molecule has 0 aromatic heterocycles. The number of nitrogens with two attached hydrogens (primary N) is 1. The van der Waals surface area contributed by atoms with Gasteiger partial charge in [0.05, 0.1) is 4.90 Å². The van der Waals surface area contributed by atoms with Gasteiger partial charge in [0.2, 0.25) is 10.0 Å². The van der Waals surface area contributed by atoms with Crippen LogP contribution in [-0.4, -0.2) is 31.9 Å². The lowest BCUT2D eigenvalue weighted by Crippen LogP contribution is -2.42. The van der Waals surface area contributed by atoms with Crippen molar-refractivity contribution in [3.63, 3.8) is 0 Å². The summed E-state index contributed by atoms with van der Waals surface area (Å²) in [5.41, 5.74) is 7.03. The van der Waals surface area contributed by atoms with Gasteiger partial charge in [-0.3, -0.25) is 0 Å². The fourth-order valence-corrected chi connectivity index (χ4v) is 4.02. The number of nitrogens with zero attached hydrogens (tertiary/aromatic N) is 1. The van der Waals surface area contributed by atoms with E-state index in [1.54, 1.807) is 16.4 Å². The maximum Gasteiger partial charge on any atom is 0.243 e. The molecule has 2 rings (SSSR count). The monoisotopic (exact) mass is 310 g/mol. The molecule has 0 aliphatic carbocycles. The third-order valence-electron chi connectivity index (χ3n) is 4.07. The van der Waals surface area contributed by atoms with Gasteiger partial charge in [-0.05, 0) is 49.3 Å². The second kappa shape index (κ2) is 6.90. The number of hydrogen-bond donors (Lipinski definition) is 1. The maximum absolute atomic E-state index is 12.6. The van der Waals surface area contributed by atoms with Crippen LogP contribution in [0.1, 0.15) is 38.7 Å². The zero-order valence-corrected chi connectivity index (χ0v) is 13.8. The van der Waals surface area contributed by atoms with Crippen LogP contribution in [0.5, 0.6) is 0 Å². The first-order chi connectivity index (χ1) is 9.89. The van der Waals surface area contributed by atoms with Crippen LogP contribution in [0.2, 0.25) is 0 Å². The standard InChI is InChI=1S/C16H26N2O2S/c1-13(2)3-4-14-5-7-16(8-6-14)21(19,20)18-11-9-15(17)10-12-18/h5-8,13,15H,3-4,9-12,17H2,1-2H3. The molecule has 1 aliphatic rings. The highest BCUT2D eigenvalue weighted by atomic mass is 32.2. The Morgan fingerprint density at radius 2 is 1.76 bits per heavy atom. The van der Waals surface area contributed by atoms with Crippen molar-refractivity contribution in [3.05, 3.63) is 29.8 Å². The van der Waals surface area contributed by atoms with E-state index in [-0.39, 0.29) is 6.04 Å². The highest BCUT2D eigenvalue weighted by molar-refractivity contribution is 7.89. The number of benzene rings is 1. The van der Waals surface area contributed by atoms with Crippen molar-refractivity contribution in [3.8, 4) is 0 Å². The molecule has 0 radical (unpaired) electrons. The van der Waals surface area contributed by atoms with E-state index in [0.29, 0.717) is 23.9 Å². The zero-order valence-electron chi connectivity index (χ0n) is 13.0. The Morgan fingerprint density at radius 1 is 1.19 bits per heavy atom. The Kier molecular flexibility index (Phi) is 5.41. The SMILES string of the molecule is CC(C)CCc1ccc(S(=O)(=O)N2CCC(N)CC2)cc1. The minimum absolute atomic E-state index is 0.134. The smallest absolute Gasteiger partial charge is 0.243 e. The van der Waals surface area contributed by atoms with Crippen LogP contribution >= 0.6 is 0 Å². The van der Waals surface area contributed by atoms with Crippen LogP contribution in [0, 0.1) is 5.92 Å². The first kappa shape index (κ1) is 16.5. The van der Waals surface area contributed by atoms with Gasteiger partial charge in [0.15, 0.2) is 0 Å². The highest BCUT2D eigenvalue weighted by Gasteiger charge is 2.27. The van der Waals surface area contributed by atoms with Crippen LogP contribution in [0.4, 0.5) is 0 Å². The first-order valence-corrected chi connectivity index (χ1v) is 9.18. The average molecular weight is 310 g/mol. The summed E-state index contributed by atoms with van der Waals surface area (Å²) in [6.07, 6.45) is 3.60. The molecule has 0 saturated carbocycles. The molecule has 4 nitrogen and oxygen atoms in total. The predicted molar refractivity (Wildman–Crippen MR) is 85.6 cm³/mol. The molecule has 118 valence electrons. The molecule has 21 heavy (non-hydrogen) atoms. The quantitative estimate of drug-likeness (QED) is 0.908. The summed E-state index contributed by atoms with van der Waals surface area (Å²) in [4.78, 5) is 0.395. The van der Waals surface area contributed by atoms with Crippen molar-refractivity contribution in [2.75, 3.05) is 13.1 Å². The lowest BCUT2D eigenvalue weighted by molar-refractivity contribution is 0.320. The van der Waals surface area contributed by atoms with Crippen molar-refractivity contribution in [2.45, 2.75) is 50.5 Å². The average Bonchev–Trinajstić information content (AvgIpc) is 2.46. The summed E-state index contributed by atoms with van der Waals surface area (Å²) < 4.78 is 26.7. The lowest BCUT2D eigenvalue weighted by atomic mass is 10.0. The summed E-state index contributed by atoms with van der Waals surface area (Å²) in [5, 5.41) is 0. The van der Waals surface area contributed by atoms with Crippen molar-refractivity contribution in [1.82, 2.24) is 4.31 Å². The summed E-state index contributed by atoms with van der Waals surface area (Å²) in [6, 6.07) is 7.48. The lowest BCUT2D eigenvalue weighted by Gasteiger charge is -2.29. The van der Waals surface area contributed by atoms with Crippen LogP contribution in [0.25, 0.3) is 0 Å². The molecule has 0 amide bonds. The third kappa shape index (κ3) is 4.28. The number of piperidine rings is 1. The molecule has 1 aromatic carbocycles. The minimum atomic E-state index is -3.36. The van der Waals surface area contributed by atoms with Crippen LogP contribution < -0.4 is 5.73 Å². The van der Waals surface area contributed by atoms with E-state index in [0.717, 1.165) is 25.7 Å². The van der Waals surface area contributed by atoms with Gasteiger partial charge >= 0.3 is 0 Å². The van der Waals surface area contributed by atoms with Crippen LogP contribution in [0.3, 0.4) is 0 Å². The Balaban J connectivity index is 2.06. The number of rotatable bonds is 5. The first-order valence-electron chi connectivity index (χ1n) is 7.74. The van der Waals surface area contributed by atoms with Gasteiger partial charge in [-0.15, -0.1) is 0 Å². The fourth-order valence-electron chi connectivity index (χ4n) is 2.55. The molecule has 0 unspecified atom stereocenters. The molecule has 0 spiro atoms. The molecule has 1 saturated heterocycles. The Hall–Kier alpha value is -0.910. The molecule has 0 atom stereocenters. The molecule has 0 bridgehead atoms. The highest BCUT2D eigenvalue weighted by Crippen LogP contribution is 2.21. The summed E-state index contributed by atoms with van der Waals surface area (Å²) in [6.45, 7) is 5.44. The topological polar surface area (TPSA) is 63.4 Å². The Morgan fingerprint density at radius 3 is 2.29 bits per heavy atom. The van der Waals surface area contributed by atoms with E-state index in [4.69, 9.17) is 5.73 Å². The van der Waals surface area contributed by atoms with E-state index in [1.165, 1.54) is 5.56 Å². The van der Waals surface area contributed by atoms with E-state index in [9.17, 15) is 8.42 Å². The second-order valence-corrected chi connectivity index (χ2v) is 8.26. The summed E-state index contributed by atoms with van der Waals surface area (Å²) >= 11 is 0. The van der Waals surface area contributed by atoms with E-state index in [2.05, 4.69) is 13.8 Å². The van der Waals surface area contributed by atoms with Gasteiger partial charge < -0.3 is 5.73 Å². The van der Waals surface area contributed by atoms with Gasteiger partial charge in [0.1, 0.15) is 0 Å². The zero-order chi connectivity index (χ0) is 15.5. The maximum atomic E-state index is 12.6. The molecule has 1 fully saturated rings. The fraction of sp³-hybridized carbons (Fsp3) is 0.625. The molecule has 5 heteroatoms. The van der Waals surface area contributed by atoms with Crippen LogP contribution in [-0.2, 0) is 16.4 Å². The second-order valence-electron chi connectivity index (χ2n) is 6.32. The molecule has 1 aromatic rings. The normalized spacial score (nSPS) is 18.3. The minimum Gasteiger partial charge on any atom is -0.328 e. The van der Waals surface area contributed by atoms with E-state index in [1.807, 2.05) is 12.1 Å². The van der Waals surface area contributed by atoms with Crippen molar-refractivity contribution < 1.29 is 8.42 Å². The van der Waals surface area contributed by atoms with Gasteiger partial charge in [0.25, 0.3) is 0 Å². The molecular formula is C16H26N2O2S. The predicted octanol–water partition coefficient (Wildman–Crippen LogP) is 2.39. The van der Waals surface area contributed by atoms with Gasteiger partial charge in [0, 0.05) is 19.1 Å². The van der Waals surface area contributed by atoms with Gasteiger partial charge in [-0.25, -0.2) is 8.42 Å². The number of hydrogen-bond acceptors (Lipinski definition) is 3. The van der Waals surface area contributed by atoms with Crippen LogP contribution in [0.15, 0.2) is 29.2 Å². The summed E-state index contributed by atoms with van der Waals surface area (Å²) in [5.74, 6) is 0.658. The molecule has 2 N–H and O–H groups in total. The van der Waals surface area contributed by atoms with Gasteiger partial charge in [-0.1, -0.05) is 26.0 Å². The molecule has 1 aliphatic heterocycles. The van der Waals surface area contributed by atoms with Gasteiger partial charge in [-0.2, -0.15) is 4.31 Å². The third-order valence-corrected chi connectivity index (χ3v) is 5.98. The molecule has 1 heterocycles. The van der Waals surface area contributed by atoms with Crippen molar-refractivity contribution >= 4 is 10.0 Å².